The lowest BCUT2D eigenvalue weighted by Gasteiger charge is -2.20. The molecule has 0 radical (unpaired) electrons. The summed E-state index contributed by atoms with van der Waals surface area (Å²) < 4.78 is 4.82. The molecule has 0 bridgehead atoms. The summed E-state index contributed by atoms with van der Waals surface area (Å²) in [5.74, 6) is 0.0218. The number of hydrogen-bond donors (Lipinski definition) is 0. The van der Waals surface area contributed by atoms with Crippen LogP contribution < -0.4 is 4.90 Å². The Bertz CT molecular complexity index is 328. The Labute approximate surface area is 97.0 Å². The van der Waals surface area contributed by atoms with Crippen LogP contribution in [0.2, 0.25) is 0 Å². The topological polar surface area (TPSA) is 29.5 Å². The molecule has 0 aliphatic carbocycles. The van der Waals surface area contributed by atoms with Gasteiger partial charge in [-0.25, -0.2) is 0 Å². The normalized spacial score (nSPS) is 10.2. The first-order chi connectivity index (χ1) is 7.72. The number of Topliss-reactive ketones (excluding diaryl/α,β-unsaturated/α-hetero) is 1. The summed E-state index contributed by atoms with van der Waals surface area (Å²) in [7, 11) is 1.53. The standard InChI is InChI=1S/C13H19NO2/c1-4-14(5-2)12-8-6-11(7-9-12)13(15)10-16-3/h6-9H,4-5,10H2,1-3H3. The van der Waals surface area contributed by atoms with Crippen LogP contribution in [0.4, 0.5) is 5.69 Å². The van der Waals surface area contributed by atoms with Gasteiger partial charge in [0.25, 0.3) is 0 Å². The van der Waals surface area contributed by atoms with Gasteiger partial charge in [0.2, 0.25) is 0 Å². The van der Waals surface area contributed by atoms with Crippen LogP contribution in [-0.4, -0.2) is 32.6 Å². The lowest BCUT2D eigenvalue weighted by molar-refractivity contribution is 0.0848. The highest BCUT2D eigenvalue weighted by Gasteiger charge is 2.06. The zero-order valence-corrected chi connectivity index (χ0v) is 10.2. The van der Waals surface area contributed by atoms with E-state index in [2.05, 4.69) is 18.7 Å². The summed E-state index contributed by atoms with van der Waals surface area (Å²) in [5, 5.41) is 0. The zero-order chi connectivity index (χ0) is 12.0. The molecule has 0 aliphatic heterocycles. The molecule has 0 unspecified atom stereocenters. The molecule has 0 heterocycles. The van der Waals surface area contributed by atoms with E-state index in [9.17, 15) is 4.79 Å². The molecular weight excluding hydrogens is 202 g/mol. The molecule has 1 aromatic carbocycles. The first-order valence-electron chi connectivity index (χ1n) is 5.60. The molecule has 0 spiro atoms. The summed E-state index contributed by atoms with van der Waals surface area (Å²) in [6.07, 6.45) is 0. The average Bonchev–Trinajstić information content (AvgIpc) is 2.32. The minimum absolute atomic E-state index is 0.0218. The van der Waals surface area contributed by atoms with Gasteiger partial charge in [0.05, 0.1) is 0 Å². The molecule has 1 rings (SSSR count). The van der Waals surface area contributed by atoms with Crippen molar-refractivity contribution in [3.8, 4) is 0 Å². The van der Waals surface area contributed by atoms with Gasteiger partial charge in [-0.15, -0.1) is 0 Å². The van der Waals surface area contributed by atoms with Crippen molar-refractivity contribution in [2.75, 3.05) is 31.7 Å². The predicted octanol–water partition coefficient (Wildman–Crippen LogP) is 2.36. The van der Waals surface area contributed by atoms with Crippen LogP contribution in [0.3, 0.4) is 0 Å². The van der Waals surface area contributed by atoms with Crippen molar-refractivity contribution in [2.24, 2.45) is 0 Å². The molecule has 0 saturated heterocycles. The summed E-state index contributed by atoms with van der Waals surface area (Å²) in [6.45, 7) is 6.33. The maximum atomic E-state index is 11.5. The van der Waals surface area contributed by atoms with Gasteiger partial charge < -0.3 is 9.64 Å². The smallest absolute Gasteiger partial charge is 0.188 e. The van der Waals surface area contributed by atoms with Crippen molar-refractivity contribution < 1.29 is 9.53 Å². The Morgan fingerprint density at radius 3 is 2.19 bits per heavy atom. The number of carbonyl (C=O) groups excluding carboxylic acids is 1. The number of anilines is 1. The highest BCUT2D eigenvalue weighted by Crippen LogP contribution is 2.15. The largest absolute Gasteiger partial charge is 0.377 e. The van der Waals surface area contributed by atoms with Crippen LogP contribution in [0.1, 0.15) is 24.2 Å². The van der Waals surface area contributed by atoms with E-state index in [1.807, 2.05) is 24.3 Å². The highest BCUT2D eigenvalue weighted by molar-refractivity contribution is 5.97. The SMILES string of the molecule is CCN(CC)c1ccc(C(=O)COC)cc1. The van der Waals surface area contributed by atoms with Gasteiger partial charge in [-0.05, 0) is 38.1 Å². The van der Waals surface area contributed by atoms with Crippen molar-refractivity contribution in [2.45, 2.75) is 13.8 Å². The molecule has 1 aromatic rings. The van der Waals surface area contributed by atoms with Crippen LogP contribution in [-0.2, 0) is 4.74 Å². The van der Waals surface area contributed by atoms with Gasteiger partial charge in [-0.2, -0.15) is 0 Å². The number of carbonyl (C=O) groups is 1. The second kappa shape index (κ2) is 6.28. The molecule has 0 atom stereocenters. The summed E-state index contributed by atoms with van der Waals surface area (Å²) in [4.78, 5) is 13.8. The molecular formula is C13H19NO2. The average molecular weight is 221 g/mol. The molecule has 0 aromatic heterocycles. The first kappa shape index (κ1) is 12.7. The number of nitrogens with zero attached hydrogens (tertiary/aromatic N) is 1. The fraction of sp³-hybridized carbons (Fsp3) is 0.462. The second-order valence-corrected chi connectivity index (χ2v) is 3.58. The van der Waals surface area contributed by atoms with Gasteiger partial charge >= 0.3 is 0 Å². The zero-order valence-electron chi connectivity index (χ0n) is 10.2. The van der Waals surface area contributed by atoms with Crippen LogP contribution >= 0.6 is 0 Å². The molecule has 88 valence electrons. The molecule has 3 heteroatoms. The predicted molar refractivity (Wildman–Crippen MR) is 66.2 cm³/mol. The van der Waals surface area contributed by atoms with Crippen LogP contribution in [0.15, 0.2) is 24.3 Å². The number of benzene rings is 1. The van der Waals surface area contributed by atoms with Crippen LogP contribution in [0.5, 0.6) is 0 Å². The Morgan fingerprint density at radius 1 is 1.19 bits per heavy atom. The third-order valence-electron chi connectivity index (χ3n) is 2.59. The van der Waals surface area contributed by atoms with Crippen LogP contribution in [0.25, 0.3) is 0 Å². The lowest BCUT2D eigenvalue weighted by atomic mass is 10.1. The Kier molecular flexibility index (Phi) is 4.99. The van der Waals surface area contributed by atoms with E-state index in [1.54, 1.807) is 0 Å². The highest BCUT2D eigenvalue weighted by atomic mass is 16.5. The van der Waals surface area contributed by atoms with E-state index in [-0.39, 0.29) is 12.4 Å². The van der Waals surface area contributed by atoms with Gasteiger partial charge in [-0.1, -0.05) is 0 Å². The third kappa shape index (κ3) is 3.07. The number of hydrogen-bond acceptors (Lipinski definition) is 3. The van der Waals surface area contributed by atoms with E-state index in [1.165, 1.54) is 7.11 Å². The first-order valence-corrected chi connectivity index (χ1v) is 5.60. The van der Waals surface area contributed by atoms with Gasteiger partial charge in [0, 0.05) is 31.5 Å². The Morgan fingerprint density at radius 2 is 1.75 bits per heavy atom. The number of rotatable bonds is 6. The van der Waals surface area contributed by atoms with E-state index >= 15 is 0 Å². The summed E-state index contributed by atoms with van der Waals surface area (Å²) >= 11 is 0. The van der Waals surface area contributed by atoms with Crippen molar-refractivity contribution in [3.63, 3.8) is 0 Å². The van der Waals surface area contributed by atoms with Crippen molar-refractivity contribution in [3.05, 3.63) is 29.8 Å². The minimum atomic E-state index is 0.0218. The maximum absolute atomic E-state index is 11.5. The van der Waals surface area contributed by atoms with Crippen molar-refractivity contribution in [1.29, 1.82) is 0 Å². The number of methoxy groups -OCH3 is 1. The second-order valence-electron chi connectivity index (χ2n) is 3.58. The maximum Gasteiger partial charge on any atom is 0.188 e. The van der Waals surface area contributed by atoms with Gasteiger partial charge in [0.15, 0.2) is 5.78 Å². The summed E-state index contributed by atoms with van der Waals surface area (Å²) in [6, 6.07) is 7.68. The molecule has 16 heavy (non-hydrogen) atoms. The lowest BCUT2D eigenvalue weighted by Crippen LogP contribution is -2.21. The monoisotopic (exact) mass is 221 g/mol. The molecule has 0 aliphatic rings. The summed E-state index contributed by atoms with van der Waals surface area (Å²) in [5.41, 5.74) is 1.86. The van der Waals surface area contributed by atoms with Crippen LogP contribution in [0, 0.1) is 0 Å². The fourth-order valence-corrected chi connectivity index (χ4v) is 1.66. The molecule has 0 saturated carbocycles. The van der Waals surface area contributed by atoms with E-state index in [0.29, 0.717) is 5.56 Å². The van der Waals surface area contributed by atoms with Crippen molar-refractivity contribution >= 4 is 11.5 Å². The Hall–Kier alpha value is -1.35. The van der Waals surface area contributed by atoms with E-state index in [4.69, 9.17) is 4.74 Å². The Balaban J connectivity index is 2.78. The number of ketones is 1. The molecule has 0 amide bonds. The van der Waals surface area contributed by atoms with E-state index < -0.39 is 0 Å². The molecule has 0 fully saturated rings. The fourth-order valence-electron chi connectivity index (χ4n) is 1.66. The number of ether oxygens (including phenoxy) is 1. The molecule has 0 N–H and O–H groups in total. The third-order valence-corrected chi connectivity index (χ3v) is 2.59. The van der Waals surface area contributed by atoms with Crippen molar-refractivity contribution in [1.82, 2.24) is 0 Å². The minimum Gasteiger partial charge on any atom is -0.377 e. The van der Waals surface area contributed by atoms with E-state index in [0.717, 1.165) is 18.8 Å². The van der Waals surface area contributed by atoms with Gasteiger partial charge in [-0.3, -0.25) is 4.79 Å². The quantitative estimate of drug-likeness (QED) is 0.691. The van der Waals surface area contributed by atoms with Gasteiger partial charge in [0.1, 0.15) is 6.61 Å². The molecule has 3 nitrogen and oxygen atoms in total.